The Morgan fingerprint density at radius 3 is 2.50 bits per heavy atom. The monoisotopic (exact) mass is 386 g/mol. The van der Waals surface area contributed by atoms with E-state index in [0.29, 0.717) is 0 Å². The first-order valence-electron chi connectivity index (χ1n) is 7.24. The van der Waals surface area contributed by atoms with Crippen LogP contribution in [0.25, 0.3) is 0 Å². The van der Waals surface area contributed by atoms with Crippen molar-refractivity contribution in [3.8, 4) is 0 Å². The van der Waals surface area contributed by atoms with Gasteiger partial charge in [-0.25, -0.2) is 0 Å². The summed E-state index contributed by atoms with van der Waals surface area (Å²) < 4.78 is 1.06. The van der Waals surface area contributed by atoms with E-state index in [9.17, 15) is 9.59 Å². The van der Waals surface area contributed by atoms with Crippen LogP contribution >= 0.6 is 27.7 Å². The Labute approximate surface area is 144 Å². The number of carbonyl (C=O) groups is 2. The van der Waals surface area contributed by atoms with Crippen LogP contribution in [0.5, 0.6) is 0 Å². The van der Waals surface area contributed by atoms with Crippen molar-refractivity contribution in [1.82, 2.24) is 5.32 Å². The van der Waals surface area contributed by atoms with Crippen molar-refractivity contribution in [2.75, 3.05) is 5.75 Å². The molecule has 1 rings (SSSR count). The third-order valence-electron chi connectivity index (χ3n) is 3.65. The molecule has 4 nitrogen and oxygen atoms in total. The summed E-state index contributed by atoms with van der Waals surface area (Å²) >= 11 is 4.96. The topological polar surface area (TPSA) is 72.2 Å². The second kappa shape index (κ2) is 8.58. The zero-order valence-corrected chi connectivity index (χ0v) is 15.8. The predicted octanol–water partition coefficient (Wildman–Crippen LogP) is 3.17. The van der Waals surface area contributed by atoms with E-state index in [1.54, 1.807) is 0 Å². The van der Waals surface area contributed by atoms with E-state index in [1.807, 2.05) is 33.8 Å². The van der Waals surface area contributed by atoms with Gasteiger partial charge < -0.3 is 11.1 Å². The summed E-state index contributed by atoms with van der Waals surface area (Å²) in [6, 6.07) is 3.49. The fourth-order valence-electron chi connectivity index (χ4n) is 2.00. The fourth-order valence-corrected chi connectivity index (χ4v) is 3.37. The van der Waals surface area contributed by atoms with Gasteiger partial charge in [0.2, 0.25) is 11.8 Å². The van der Waals surface area contributed by atoms with E-state index < -0.39 is 11.9 Å². The van der Waals surface area contributed by atoms with Crippen LogP contribution in [-0.2, 0) is 9.59 Å². The Morgan fingerprint density at radius 2 is 1.95 bits per heavy atom. The van der Waals surface area contributed by atoms with Gasteiger partial charge in [0.15, 0.2) is 0 Å². The van der Waals surface area contributed by atoms with E-state index in [1.165, 1.54) is 11.8 Å². The number of nitrogens with two attached hydrogens (primary N) is 1. The Bertz CT molecular complexity index is 563. The van der Waals surface area contributed by atoms with Gasteiger partial charge in [-0.15, -0.1) is 11.8 Å². The van der Waals surface area contributed by atoms with Crippen molar-refractivity contribution in [3.05, 3.63) is 27.7 Å². The number of primary amides is 1. The number of thioether (sulfide) groups is 1. The van der Waals surface area contributed by atoms with Crippen molar-refractivity contribution in [2.45, 2.75) is 45.1 Å². The first kappa shape index (κ1) is 19.0. The van der Waals surface area contributed by atoms with Gasteiger partial charge in [0.1, 0.15) is 6.04 Å². The Balaban J connectivity index is 2.66. The lowest BCUT2D eigenvalue weighted by Gasteiger charge is -2.21. The molecule has 6 heteroatoms. The largest absolute Gasteiger partial charge is 0.368 e. The van der Waals surface area contributed by atoms with Crippen molar-refractivity contribution in [2.24, 2.45) is 11.7 Å². The SMILES string of the molecule is CCC(C)C(NC(=O)CSc1cc(C)c(Br)cc1C)C(N)=O. The van der Waals surface area contributed by atoms with Gasteiger partial charge in [-0.2, -0.15) is 0 Å². The number of halogens is 1. The molecule has 0 radical (unpaired) electrons. The molecule has 2 unspecified atom stereocenters. The van der Waals surface area contributed by atoms with Gasteiger partial charge in [-0.1, -0.05) is 36.2 Å². The normalized spacial score (nSPS) is 13.5. The number of amides is 2. The molecule has 2 amide bonds. The summed E-state index contributed by atoms with van der Waals surface area (Å²) in [6.45, 7) is 7.90. The van der Waals surface area contributed by atoms with Crippen LogP contribution in [-0.4, -0.2) is 23.6 Å². The Morgan fingerprint density at radius 1 is 1.32 bits per heavy atom. The van der Waals surface area contributed by atoms with Gasteiger partial charge in [0, 0.05) is 9.37 Å². The number of rotatable bonds is 7. The molecule has 0 aromatic heterocycles. The number of carbonyl (C=O) groups excluding carboxylic acids is 2. The molecule has 0 aliphatic heterocycles. The zero-order chi connectivity index (χ0) is 16.9. The average Bonchev–Trinajstić information content (AvgIpc) is 2.46. The summed E-state index contributed by atoms with van der Waals surface area (Å²) in [6.07, 6.45) is 0.784. The van der Waals surface area contributed by atoms with Crippen LogP contribution in [0.4, 0.5) is 0 Å². The number of hydrogen-bond donors (Lipinski definition) is 2. The fraction of sp³-hybridized carbons (Fsp3) is 0.500. The highest BCUT2D eigenvalue weighted by Gasteiger charge is 2.23. The highest BCUT2D eigenvalue weighted by Crippen LogP contribution is 2.28. The number of benzene rings is 1. The third-order valence-corrected chi connectivity index (χ3v) is 5.66. The van der Waals surface area contributed by atoms with Crippen LogP contribution in [0, 0.1) is 19.8 Å². The number of nitrogens with one attached hydrogen (secondary N) is 1. The summed E-state index contributed by atoms with van der Waals surface area (Å²) in [7, 11) is 0. The molecular weight excluding hydrogens is 364 g/mol. The molecule has 122 valence electrons. The number of hydrogen-bond acceptors (Lipinski definition) is 3. The van der Waals surface area contributed by atoms with Crippen molar-refractivity contribution >= 4 is 39.5 Å². The molecule has 1 aromatic carbocycles. The average molecular weight is 387 g/mol. The summed E-state index contributed by atoms with van der Waals surface area (Å²) in [5.41, 5.74) is 7.61. The molecule has 1 aromatic rings. The maximum absolute atomic E-state index is 12.1. The predicted molar refractivity (Wildman–Crippen MR) is 94.9 cm³/mol. The molecule has 22 heavy (non-hydrogen) atoms. The second-order valence-corrected chi connectivity index (χ2v) is 7.36. The van der Waals surface area contributed by atoms with E-state index in [0.717, 1.165) is 26.9 Å². The lowest BCUT2D eigenvalue weighted by Crippen LogP contribution is -2.48. The van der Waals surface area contributed by atoms with Crippen molar-refractivity contribution in [1.29, 1.82) is 0 Å². The smallest absolute Gasteiger partial charge is 0.240 e. The molecule has 2 atom stereocenters. The molecular formula is C16H23BrN2O2S. The van der Waals surface area contributed by atoms with E-state index in [-0.39, 0.29) is 17.6 Å². The van der Waals surface area contributed by atoms with Crippen LogP contribution in [0.2, 0.25) is 0 Å². The quantitative estimate of drug-likeness (QED) is 0.706. The summed E-state index contributed by atoms with van der Waals surface area (Å²) in [5.74, 6) is -0.358. The number of aryl methyl sites for hydroxylation is 2. The van der Waals surface area contributed by atoms with Gasteiger partial charge in [0.25, 0.3) is 0 Å². The highest BCUT2D eigenvalue weighted by atomic mass is 79.9. The molecule has 0 saturated heterocycles. The van der Waals surface area contributed by atoms with E-state index in [4.69, 9.17) is 5.73 Å². The standard InChI is InChI=1S/C16H23BrN2O2S/c1-5-9(2)15(16(18)21)19-14(20)8-22-13-7-10(3)12(17)6-11(13)4/h6-7,9,15H,5,8H2,1-4H3,(H2,18,21)(H,19,20). The first-order valence-corrected chi connectivity index (χ1v) is 9.02. The zero-order valence-electron chi connectivity index (χ0n) is 13.4. The van der Waals surface area contributed by atoms with Crippen LogP contribution in [0.15, 0.2) is 21.5 Å². The minimum absolute atomic E-state index is 0.0307. The molecule has 0 saturated carbocycles. The summed E-state index contributed by atoms with van der Waals surface area (Å²) in [5, 5.41) is 2.74. The van der Waals surface area contributed by atoms with E-state index >= 15 is 0 Å². The highest BCUT2D eigenvalue weighted by molar-refractivity contribution is 9.10. The Hall–Kier alpha value is -1.01. The molecule has 0 heterocycles. The Kier molecular flexibility index (Phi) is 7.42. The molecule has 3 N–H and O–H groups in total. The second-order valence-electron chi connectivity index (χ2n) is 5.49. The maximum atomic E-state index is 12.1. The molecule has 0 fully saturated rings. The van der Waals surface area contributed by atoms with Crippen LogP contribution in [0.3, 0.4) is 0 Å². The van der Waals surface area contributed by atoms with E-state index in [2.05, 4.69) is 27.3 Å². The maximum Gasteiger partial charge on any atom is 0.240 e. The molecule has 0 bridgehead atoms. The minimum atomic E-state index is -0.606. The van der Waals surface area contributed by atoms with Crippen LogP contribution in [0.1, 0.15) is 31.4 Å². The minimum Gasteiger partial charge on any atom is -0.368 e. The van der Waals surface area contributed by atoms with Crippen molar-refractivity contribution in [3.63, 3.8) is 0 Å². The first-order chi connectivity index (χ1) is 10.3. The van der Waals surface area contributed by atoms with Gasteiger partial charge in [-0.05, 0) is 43.0 Å². The molecule has 0 aliphatic rings. The lowest BCUT2D eigenvalue weighted by molar-refractivity contribution is -0.127. The van der Waals surface area contributed by atoms with Crippen LogP contribution < -0.4 is 11.1 Å². The van der Waals surface area contributed by atoms with Gasteiger partial charge in [0.05, 0.1) is 5.75 Å². The van der Waals surface area contributed by atoms with Crippen molar-refractivity contribution < 1.29 is 9.59 Å². The van der Waals surface area contributed by atoms with Gasteiger partial charge >= 0.3 is 0 Å². The lowest BCUT2D eigenvalue weighted by atomic mass is 9.99. The summed E-state index contributed by atoms with van der Waals surface area (Å²) in [4.78, 5) is 24.6. The molecule has 0 spiro atoms. The molecule has 0 aliphatic carbocycles. The third kappa shape index (κ3) is 5.32. The van der Waals surface area contributed by atoms with Gasteiger partial charge in [-0.3, -0.25) is 9.59 Å².